The smallest absolute Gasteiger partial charge is 0.756 e. The number of fused-ring (bicyclic) bond motifs is 7. The van der Waals surface area contributed by atoms with Crippen LogP contribution in [0.5, 0.6) is 0 Å². The molecule has 0 saturated carbocycles. The first-order valence-corrected chi connectivity index (χ1v) is 32.0. The number of aliphatic imine (C=N–C) groups is 3. The molecule has 2 aromatic rings. The van der Waals surface area contributed by atoms with Crippen LogP contribution in [0.3, 0.4) is 0 Å². The number of allylic oxidation sites excluding steroid dienone is 6. The number of carbonyl (C=O) groups excluding carboxylic acids is 7. The fraction of sp³-hybridized carbons (Fsp3) is 0.619. The van der Waals surface area contributed by atoms with Gasteiger partial charge in [0.15, 0.2) is 6.23 Å². The first-order valence-electron chi connectivity index (χ1n) is 30.5. The standard InChI is InChI=1S/C62H90N13O14P.CH3.Co/c1-29-20-39-40(21-30(29)2)75(28-70-39)57-52(84)53(41(27-76)87-57)89-90(85,86)88-31(3)26-69-49(83)18-19-59(8)37(22-46(66)80)56-62(11)61(10,25-48(68)82)36(14-17-45(65)79)51(74-62)33(5)55-60(9,24-47(67)81)34(12-15-43(63)77)38(71-55)23-42-58(6,7)35(13-16-44(64)78)50(72-42)32(4)54(59)73-56;;/h20-21,23,28,31,34-37,41,52-53,56-57,76,84H,12-19,22,24-27H2,1-11H3,(H15,63,64,65,66,67,68,69,71,72,73,74,77,78,79,80,81,82,83,85,86);1H3;/q;-1;+3/p-2/t31?,34-,35-,36-,37+,41-,52?,53?,56?,57+,59-,60+,61+,62+;;/m1../s1. The van der Waals surface area contributed by atoms with Crippen molar-refractivity contribution < 1.29 is 83.8 Å². The monoisotopic (exact) mass is 1340 g/mol. The summed E-state index contributed by atoms with van der Waals surface area (Å²) >= 11 is 0. The molecule has 0 aliphatic carbocycles. The molecule has 6 aliphatic heterocycles. The average molecular weight is 1340 g/mol. The van der Waals surface area contributed by atoms with E-state index in [0.717, 1.165) is 11.1 Å². The van der Waals surface area contributed by atoms with Crippen LogP contribution in [-0.2, 0) is 68.7 Å². The molecule has 7 heterocycles. The van der Waals surface area contributed by atoms with Crippen LogP contribution in [0.25, 0.3) is 16.4 Å². The summed E-state index contributed by atoms with van der Waals surface area (Å²) in [5.74, 6) is -7.40. The van der Waals surface area contributed by atoms with E-state index in [1.54, 1.807) is 6.92 Å². The van der Waals surface area contributed by atoms with Gasteiger partial charge in [-0.05, 0) is 119 Å². The van der Waals surface area contributed by atoms with E-state index < -0.39 is 143 Å². The molecule has 506 valence electrons. The molecule has 29 heteroatoms. The van der Waals surface area contributed by atoms with Gasteiger partial charge in [0.05, 0.1) is 41.3 Å². The van der Waals surface area contributed by atoms with E-state index >= 15 is 0 Å². The number of phosphoric ester groups is 1. The molecule has 6 aliphatic rings. The van der Waals surface area contributed by atoms with Crippen molar-refractivity contribution in [2.24, 2.45) is 94.7 Å². The SMILES string of the molecule is C/C1=C2/[N-]C([C@H](CC(N)=O)[C@@]2(C)CCC(=O)NCC(C)OP(=O)([O-])OC2C(O)[C@@H](n3cnc4cc(C)c(C)cc43)O[C@@H]2CO)[C@]2(C)N=C(/C(C)=C3N=C(/C=C4N=C1[C@@H](CCC(N)=O)C\4(C)C)[C@@H](CCC(N)=O)[C@]\3(C)CC(N)=O)[C@@H](CCC(N)=O)[C@]2(C)CC(N)=O.[CH3-].[Co+3]. The Morgan fingerprint density at radius 2 is 1.38 bits per heavy atom. The number of phosphoric acid groups is 1. The number of aromatic nitrogens is 2. The van der Waals surface area contributed by atoms with E-state index in [1.165, 1.54) is 17.8 Å². The number of carbonyl (C=O) groups is 7. The maximum absolute atomic E-state index is 14.4. The Kier molecular flexibility index (Phi) is 22.6. The van der Waals surface area contributed by atoms with Crippen molar-refractivity contribution in [2.75, 3.05) is 13.2 Å². The molecule has 15 N–H and O–H groups in total. The van der Waals surface area contributed by atoms with Gasteiger partial charge in [-0.1, -0.05) is 40.7 Å². The van der Waals surface area contributed by atoms with Crippen molar-refractivity contribution >= 4 is 77.3 Å². The third-order valence-electron chi connectivity index (χ3n) is 20.5. The van der Waals surface area contributed by atoms with E-state index in [2.05, 4.69) is 10.3 Å². The summed E-state index contributed by atoms with van der Waals surface area (Å²) in [6, 6.07) is 2.65. The van der Waals surface area contributed by atoms with Gasteiger partial charge >= 0.3 is 16.8 Å². The fourth-order valence-corrected chi connectivity index (χ4v) is 16.4. The van der Waals surface area contributed by atoms with E-state index in [9.17, 15) is 53.2 Å². The van der Waals surface area contributed by atoms with Gasteiger partial charge < -0.3 is 85.9 Å². The molecular weight excluding hydrogens is 1250 g/mol. The van der Waals surface area contributed by atoms with Crippen LogP contribution in [0.4, 0.5) is 0 Å². The van der Waals surface area contributed by atoms with E-state index in [0.29, 0.717) is 56.4 Å². The summed E-state index contributed by atoms with van der Waals surface area (Å²) in [7, 11) is -5.32. The van der Waals surface area contributed by atoms with Gasteiger partial charge in [0.1, 0.15) is 18.3 Å². The fourth-order valence-electron chi connectivity index (χ4n) is 15.3. The minimum absolute atomic E-state index is 0. The van der Waals surface area contributed by atoms with Gasteiger partial charge in [0.2, 0.25) is 41.4 Å². The topological polar surface area (TPSA) is 465 Å². The first-order chi connectivity index (χ1) is 41.8. The third-order valence-corrected chi connectivity index (χ3v) is 21.6. The molecule has 1 aromatic heterocycles. The van der Waals surface area contributed by atoms with Gasteiger partial charge in [0.25, 0.3) is 7.82 Å². The van der Waals surface area contributed by atoms with Gasteiger partial charge in [-0.25, -0.2) is 4.98 Å². The number of aryl methyl sites for hydroxylation is 2. The number of ether oxygens (including phenoxy) is 1. The molecule has 1 aromatic carbocycles. The summed E-state index contributed by atoms with van der Waals surface area (Å²) in [5.41, 5.74) is 36.7. The number of aliphatic hydroxyl groups is 2. The molecule has 8 rings (SSSR count). The van der Waals surface area contributed by atoms with Gasteiger partial charge in [0, 0.05) is 108 Å². The Balaban J connectivity index is 0.00000672. The number of imidazole rings is 1. The van der Waals surface area contributed by atoms with Crippen LogP contribution >= 0.6 is 7.82 Å². The number of primary amides is 6. The first kappa shape index (κ1) is 74.5. The minimum Gasteiger partial charge on any atom is -0.756 e. The predicted octanol–water partition coefficient (Wildman–Crippen LogP) is 3.76. The molecule has 0 spiro atoms. The molecule has 7 amide bonds. The average Bonchev–Trinajstić information content (AvgIpc) is 1.53. The molecule has 2 fully saturated rings. The number of amides is 7. The number of hydrogen-bond acceptors (Lipinski definition) is 18. The van der Waals surface area contributed by atoms with Crippen molar-refractivity contribution in [1.82, 2.24) is 14.9 Å². The largest absolute Gasteiger partial charge is 3.00 e. The number of nitrogens with two attached hydrogens (primary N) is 6. The van der Waals surface area contributed by atoms with Crippen molar-refractivity contribution in [3.05, 3.63) is 76.6 Å². The van der Waals surface area contributed by atoms with E-state index in [4.69, 9.17) is 68.5 Å². The number of nitrogens with zero attached hydrogens (tertiary/aromatic N) is 6. The van der Waals surface area contributed by atoms with Crippen molar-refractivity contribution in [2.45, 2.75) is 189 Å². The van der Waals surface area contributed by atoms with Crippen molar-refractivity contribution in [1.29, 1.82) is 0 Å². The van der Waals surface area contributed by atoms with Crippen LogP contribution in [0.15, 0.2) is 67.8 Å². The summed E-state index contributed by atoms with van der Waals surface area (Å²) in [5, 5.41) is 30.1. The molecule has 15 atom stereocenters. The van der Waals surface area contributed by atoms with Crippen LogP contribution in [-0.4, -0.2) is 127 Å². The third kappa shape index (κ3) is 14.1. The van der Waals surface area contributed by atoms with Gasteiger partial charge in [-0.2, -0.15) is 5.70 Å². The maximum Gasteiger partial charge on any atom is 3.00 e. The Hall–Kier alpha value is -6.49. The molecule has 5 unspecified atom stereocenters. The Bertz CT molecular complexity index is 3540. The number of rotatable bonds is 26. The number of nitrogens with one attached hydrogen (secondary N) is 1. The summed E-state index contributed by atoms with van der Waals surface area (Å²) in [6.07, 6.45) is -4.79. The number of benzene rings is 1. The molecule has 27 nitrogen and oxygen atoms in total. The maximum atomic E-state index is 14.4. The predicted molar refractivity (Wildman–Crippen MR) is 338 cm³/mol. The van der Waals surface area contributed by atoms with Crippen LogP contribution < -0.4 is 44.6 Å². The van der Waals surface area contributed by atoms with Gasteiger partial charge in [-0.3, -0.25) is 53.1 Å². The molecule has 8 bridgehead atoms. The van der Waals surface area contributed by atoms with Crippen LogP contribution in [0, 0.1) is 66.6 Å². The quantitative estimate of drug-likeness (QED) is 0.0478. The molecule has 0 radical (unpaired) electrons. The number of hydrogen-bond donors (Lipinski definition) is 9. The molecular formula is C63H91CoN13O14P. The summed E-state index contributed by atoms with van der Waals surface area (Å²) in [4.78, 5) is 128. The second-order valence-corrected chi connectivity index (χ2v) is 28.3. The zero-order chi connectivity index (χ0) is 66.7. The number of aliphatic hydroxyl groups excluding tert-OH is 2. The molecule has 2 saturated heterocycles. The van der Waals surface area contributed by atoms with Gasteiger partial charge in [-0.15, -0.1) is 0 Å². The molecule has 92 heavy (non-hydrogen) atoms. The normalized spacial score (nSPS) is 33.5. The zero-order valence-corrected chi connectivity index (χ0v) is 56.4. The van der Waals surface area contributed by atoms with E-state index in [1.807, 2.05) is 80.5 Å². The van der Waals surface area contributed by atoms with Crippen molar-refractivity contribution in [3.63, 3.8) is 0 Å². The Morgan fingerprint density at radius 3 is 1.96 bits per heavy atom. The minimum atomic E-state index is -5.32. The zero-order valence-electron chi connectivity index (χ0n) is 54.5. The Labute approximate surface area is 547 Å². The van der Waals surface area contributed by atoms with Crippen molar-refractivity contribution in [3.8, 4) is 0 Å². The Morgan fingerprint density at radius 1 is 0.793 bits per heavy atom. The second-order valence-electron chi connectivity index (χ2n) is 27.0. The van der Waals surface area contributed by atoms with E-state index in [-0.39, 0.29) is 101 Å². The summed E-state index contributed by atoms with van der Waals surface area (Å²) in [6.45, 7) is 19.0. The summed E-state index contributed by atoms with van der Waals surface area (Å²) < 4.78 is 31.9. The van der Waals surface area contributed by atoms with Crippen LogP contribution in [0.2, 0.25) is 0 Å². The second kappa shape index (κ2) is 27.8. The van der Waals surface area contributed by atoms with Crippen LogP contribution in [0.1, 0.15) is 150 Å².